The van der Waals surface area contributed by atoms with Crippen LogP contribution in [0.2, 0.25) is 0 Å². The zero-order valence-corrected chi connectivity index (χ0v) is 14.8. The van der Waals surface area contributed by atoms with Crippen LogP contribution in [-0.4, -0.2) is 50.6 Å². The van der Waals surface area contributed by atoms with E-state index in [1.54, 1.807) is 0 Å². The number of quaternary nitrogens is 1. The fourth-order valence-electron chi connectivity index (χ4n) is 2.21. The van der Waals surface area contributed by atoms with Crippen molar-refractivity contribution in [3.8, 4) is 0 Å². The molecule has 0 spiro atoms. The molecule has 0 aromatic carbocycles. The van der Waals surface area contributed by atoms with Crippen molar-refractivity contribution in [2.45, 2.75) is 64.7 Å². The second kappa shape index (κ2) is 11.4. The van der Waals surface area contributed by atoms with Crippen molar-refractivity contribution in [2.75, 3.05) is 33.0 Å². The van der Waals surface area contributed by atoms with Gasteiger partial charge in [-0.15, -0.1) is 0 Å². The molecule has 0 unspecified atom stereocenters. The standard InChI is InChI=1S/C15H33NO4S/c1-4-5-6-7-8-9-11-14-20-16(2,3)13-10-12-15-21(17,18)19/h4-15H2,1-3H3/p+1. The average Bonchev–Trinajstić information content (AvgIpc) is 2.37. The van der Waals surface area contributed by atoms with Crippen LogP contribution >= 0.6 is 0 Å². The first-order valence-corrected chi connectivity index (χ1v) is 9.80. The molecule has 5 nitrogen and oxygen atoms in total. The Morgan fingerprint density at radius 3 is 2.05 bits per heavy atom. The van der Waals surface area contributed by atoms with Gasteiger partial charge >= 0.3 is 0 Å². The normalized spacial score (nSPS) is 12.8. The van der Waals surface area contributed by atoms with Crippen LogP contribution in [0.1, 0.15) is 64.7 Å². The van der Waals surface area contributed by atoms with Gasteiger partial charge in [-0.3, -0.25) is 4.55 Å². The van der Waals surface area contributed by atoms with Crippen LogP contribution < -0.4 is 0 Å². The molecule has 0 rings (SSSR count). The lowest BCUT2D eigenvalue weighted by atomic mass is 10.1. The third kappa shape index (κ3) is 16.0. The summed E-state index contributed by atoms with van der Waals surface area (Å²) in [6.45, 7) is 3.73. The van der Waals surface area contributed by atoms with Gasteiger partial charge < -0.3 is 0 Å². The summed E-state index contributed by atoms with van der Waals surface area (Å²) in [7, 11) is 0.138. The van der Waals surface area contributed by atoms with E-state index in [2.05, 4.69) is 6.92 Å². The van der Waals surface area contributed by atoms with Crippen LogP contribution in [0.5, 0.6) is 0 Å². The Morgan fingerprint density at radius 1 is 0.905 bits per heavy atom. The molecule has 0 radical (unpaired) electrons. The zero-order chi connectivity index (χ0) is 16.2. The number of rotatable bonds is 14. The molecule has 0 aliphatic carbocycles. The summed E-state index contributed by atoms with van der Waals surface area (Å²) in [4.78, 5) is 5.81. The van der Waals surface area contributed by atoms with E-state index < -0.39 is 10.1 Å². The molecule has 21 heavy (non-hydrogen) atoms. The summed E-state index contributed by atoms with van der Waals surface area (Å²) in [5.74, 6) is -0.162. The largest absolute Gasteiger partial charge is 0.286 e. The number of unbranched alkanes of at least 4 members (excludes halogenated alkanes) is 7. The topological polar surface area (TPSA) is 63.6 Å². The van der Waals surface area contributed by atoms with Gasteiger partial charge in [0.05, 0.1) is 19.8 Å². The monoisotopic (exact) mass is 324 g/mol. The number of hydrogen-bond acceptors (Lipinski definition) is 3. The predicted octanol–water partition coefficient (Wildman–Crippen LogP) is 3.41. The van der Waals surface area contributed by atoms with Crippen molar-refractivity contribution in [1.82, 2.24) is 0 Å². The molecule has 0 bridgehead atoms. The lowest BCUT2D eigenvalue weighted by Crippen LogP contribution is -2.40. The number of hydroxylamine groups is 3. The third-order valence-corrected chi connectivity index (χ3v) is 4.34. The fraction of sp³-hybridized carbons (Fsp3) is 1.00. The van der Waals surface area contributed by atoms with Crippen LogP contribution in [0.3, 0.4) is 0 Å². The Morgan fingerprint density at radius 2 is 1.48 bits per heavy atom. The number of nitrogens with zero attached hydrogens (tertiary/aromatic N) is 1. The Labute approximate surface area is 131 Å². The van der Waals surface area contributed by atoms with Gasteiger partial charge in [-0.25, -0.2) is 4.84 Å². The smallest absolute Gasteiger partial charge is 0.264 e. The first kappa shape index (κ1) is 20.8. The lowest BCUT2D eigenvalue weighted by molar-refractivity contribution is -1.08. The average molecular weight is 325 g/mol. The van der Waals surface area contributed by atoms with Crippen molar-refractivity contribution >= 4 is 10.1 Å². The zero-order valence-electron chi connectivity index (χ0n) is 14.0. The van der Waals surface area contributed by atoms with Crippen molar-refractivity contribution in [3.63, 3.8) is 0 Å². The highest BCUT2D eigenvalue weighted by Gasteiger charge is 2.16. The maximum absolute atomic E-state index is 10.6. The summed E-state index contributed by atoms with van der Waals surface area (Å²) < 4.78 is 30.3. The van der Waals surface area contributed by atoms with Gasteiger partial charge in [0.2, 0.25) is 0 Å². The number of hydrogen-bond donors (Lipinski definition) is 1. The Balaban J connectivity index is 3.50. The molecular formula is C15H34NO4S+. The molecule has 0 aliphatic rings. The molecule has 0 heterocycles. The van der Waals surface area contributed by atoms with E-state index in [4.69, 9.17) is 9.39 Å². The van der Waals surface area contributed by atoms with Crippen molar-refractivity contribution in [3.05, 3.63) is 0 Å². The first-order valence-electron chi connectivity index (χ1n) is 8.19. The summed E-state index contributed by atoms with van der Waals surface area (Å²) in [6, 6.07) is 0. The molecule has 0 aromatic rings. The molecule has 128 valence electrons. The third-order valence-electron chi connectivity index (χ3n) is 3.54. The van der Waals surface area contributed by atoms with Crippen LogP contribution in [0, 0.1) is 0 Å². The van der Waals surface area contributed by atoms with Gasteiger partial charge in [-0.05, 0) is 12.8 Å². The van der Waals surface area contributed by atoms with Gasteiger partial charge in [0.1, 0.15) is 13.2 Å². The summed E-state index contributed by atoms with van der Waals surface area (Å²) in [6.07, 6.45) is 10.1. The maximum Gasteiger partial charge on any atom is 0.264 e. The van der Waals surface area contributed by atoms with Crippen molar-refractivity contribution < 1.29 is 22.5 Å². The molecule has 0 saturated carbocycles. The second-order valence-electron chi connectivity index (χ2n) is 6.25. The van der Waals surface area contributed by atoms with E-state index in [0.717, 1.165) is 26.0 Å². The molecule has 0 fully saturated rings. The minimum Gasteiger partial charge on any atom is -0.286 e. The van der Waals surface area contributed by atoms with Crippen LogP contribution in [0.25, 0.3) is 0 Å². The quantitative estimate of drug-likeness (QED) is 0.230. The minimum absolute atomic E-state index is 0.162. The molecule has 0 saturated heterocycles. The maximum atomic E-state index is 10.6. The van der Waals surface area contributed by atoms with E-state index >= 15 is 0 Å². The highest BCUT2D eigenvalue weighted by Crippen LogP contribution is 2.09. The molecule has 0 aliphatic heterocycles. The second-order valence-corrected chi connectivity index (χ2v) is 7.82. The highest BCUT2D eigenvalue weighted by molar-refractivity contribution is 7.85. The van der Waals surface area contributed by atoms with Crippen LogP contribution in [0.15, 0.2) is 0 Å². The lowest BCUT2D eigenvalue weighted by Gasteiger charge is -2.26. The fourth-order valence-corrected chi connectivity index (χ4v) is 2.78. The molecular weight excluding hydrogens is 290 g/mol. The summed E-state index contributed by atoms with van der Waals surface area (Å²) in [5.41, 5.74) is 0. The van der Waals surface area contributed by atoms with Gasteiger partial charge in [-0.2, -0.15) is 13.1 Å². The van der Waals surface area contributed by atoms with E-state index in [0.29, 0.717) is 11.1 Å². The summed E-state index contributed by atoms with van der Waals surface area (Å²) in [5, 5.41) is 0. The predicted molar refractivity (Wildman–Crippen MR) is 86.6 cm³/mol. The van der Waals surface area contributed by atoms with Gasteiger partial charge in [0.15, 0.2) is 0 Å². The van der Waals surface area contributed by atoms with E-state index in [-0.39, 0.29) is 5.75 Å². The van der Waals surface area contributed by atoms with Crippen LogP contribution in [-0.2, 0) is 15.0 Å². The van der Waals surface area contributed by atoms with Gasteiger partial charge in [0.25, 0.3) is 10.1 Å². The van der Waals surface area contributed by atoms with Crippen molar-refractivity contribution in [2.24, 2.45) is 0 Å². The van der Waals surface area contributed by atoms with E-state index in [1.165, 1.54) is 38.5 Å². The van der Waals surface area contributed by atoms with Gasteiger partial charge in [0, 0.05) is 6.42 Å². The molecule has 0 aromatic heterocycles. The minimum atomic E-state index is -3.82. The Hall–Kier alpha value is -0.170. The molecule has 0 amide bonds. The van der Waals surface area contributed by atoms with Gasteiger partial charge in [-0.1, -0.05) is 45.4 Å². The Bertz CT molecular complexity index is 342. The highest BCUT2D eigenvalue weighted by atomic mass is 32.2. The SMILES string of the molecule is CCCCCCCCCO[N+](C)(C)CCCCS(=O)(=O)O. The molecule has 6 heteroatoms. The van der Waals surface area contributed by atoms with Crippen LogP contribution in [0.4, 0.5) is 0 Å². The molecule has 1 N–H and O–H groups in total. The first-order chi connectivity index (χ1) is 9.77. The summed E-state index contributed by atoms with van der Waals surface area (Å²) >= 11 is 0. The van der Waals surface area contributed by atoms with Crippen molar-refractivity contribution in [1.29, 1.82) is 0 Å². The van der Waals surface area contributed by atoms with E-state index in [1.807, 2.05) is 14.1 Å². The van der Waals surface area contributed by atoms with E-state index in [9.17, 15) is 8.42 Å². The Kier molecular flexibility index (Phi) is 11.3. The molecule has 0 atom stereocenters.